The number of likely N-dealkylation sites (N-methyl/N-ethyl adjacent to an activating group) is 4. The maximum absolute atomic E-state index is 14.0. The molecule has 0 radical (unpaired) electrons. The van der Waals surface area contributed by atoms with Crippen molar-refractivity contribution in [2.24, 2.45) is 0 Å². The summed E-state index contributed by atoms with van der Waals surface area (Å²) >= 11 is 13.3. The molecule has 9 heterocycles. The SMILES string of the molecule is CCCCCCCCc1cc(C=C2C(=O)N(CC)C(=O)N(CC)C2=O)sc1-c1cc(CCCCCCCC)c(-c2cc(CCCCCCCC)c(-c3ccc(-c4sc(-c5sc(-c6sc(C=C7C(=O)N(CC)C(=O)N(CC)C7=O)cc6CCCCCCCC)cc5CCCCCCCC)cc4CCCCCCCC)s3)s2)s1. The van der Waals surface area contributed by atoms with Crippen LogP contribution in [0, 0.1) is 0 Å². The summed E-state index contributed by atoms with van der Waals surface area (Å²) in [6, 6.07) is 18.5. The molecule has 2 fully saturated rings. The van der Waals surface area contributed by atoms with Crippen molar-refractivity contribution in [3.05, 3.63) is 103 Å². The summed E-state index contributed by atoms with van der Waals surface area (Å²) in [4.78, 5) is 105. The molecule has 0 atom stereocenters. The number of imide groups is 4. The first-order chi connectivity index (χ1) is 54.2. The standard InChI is InChI=1S/C94H132N4O6S7/c1-11-21-27-33-39-45-51-67-59-73(65-75-89(99)95(17-7)93(103)96(18-8)90(75)100)105-85(67)79-63-71(55-49-43-37-31-25-15-5)87(110-79)81-61-69(53-47-41-35-29-23-13-3)83(108-81)77-57-58-78(107-77)84-70(54-48-42-36-30-24-14-4)62-82(109-84)88-72(56-50-44-38-32-26-16-6)64-80(111-88)86-68(52-46-40-34-28-22-12-2)60-74(106-86)66-76-91(101)97(19-9)94(104)98(20-10)92(76)102/h57-66H,11-56H2,1-10H3. The third kappa shape index (κ3) is 24.6. The van der Waals surface area contributed by atoms with Crippen LogP contribution in [0.15, 0.2) is 59.7 Å². The van der Waals surface area contributed by atoms with E-state index in [1.165, 1.54) is 291 Å². The molecule has 2 aliphatic heterocycles. The largest absolute Gasteiger partial charge is 0.333 e. The Bertz CT molecular complexity index is 3840. The number of urea groups is 2. The molecule has 7 aromatic heterocycles. The zero-order chi connectivity index (χ0) is 79.0. The van der Waals surface area contributed by atoms with Crippen molar-refractivity contribution in [2.45, 2.75) is 339 Å². The van der Waals surface area contributed by atoms with Crippen molar-refractivity contribution in [2.75, 3.05) is 26.2 Å². The van der Waals surface area contributed by atoms with Crippen LogP contribution in [0.25, 0.3) is 70.7 Å². The van der Waals surface area contributed by atoms with Crippen LogP contribution in [0.2, 0.25) is 0 Å². The molecule has 0 saturated carbocycles. The second-order valence-electron chi connectivity index (χ2n) is 31.0. The second kappa shape index (κ2) is 47.6. The zero-order valence-corrected chi connectivity index (χ0v) is 75.1. The molecular formula is C94H132N4O6S7. The van der Waals surface area contributed by atoms with Gasteiger partial charge in [0.2, 0.25) is 0 Å². The van der Waals surface area contributed by atoms with Crippen molar-refractivity contribution >= 4 is 127 Å². The van der Waals surface area contributed by atoms with Crippen molar-refractivity contribution in [3.63, 3.8) is 0 Å². The summed E-state index contributed by atoms with van der Waals surface area (Å²) in [5.74, 6) is -2.05. The summed E-state index contributed by atoms with van der Waals surface area (Å²) in [7, 11) is 0. The highest BCUT2D eigenvalue weighted by atomic mass is 32.1. The van der Waals surface area contributed by atoms with E-state index in [2.05, 4.69) is 90.1 Å². The molecule has 7 aromatic rings. The Morgan fingerprint density at radius 3 is 0.658 bits per heavy atom. The summed E-state index contributed by atoms with van der Waals surface area (Å²) in [6.07, 6.45) is 53.5. The summed E-state index contributed by atoms with van der Waals surface area (Å²) in [6.45, 7) is 21.7. The van der Waals surface area contributed by atoms with Gasteiger partial charge in [0.15, 0.2) is 0 Å². The highest BCUT2D eigenvalue weighted by molar-refractivity contribution is 7.31. The molecule has 0 N–H and O–H groups in total. The van der Waals surface area contributed by atoms with E-state index in [0.29, 0.717) is 0 Å². The van der Waals surface area contributed by atoms with Gasteiger partial charge < -0.3 is 0 Å². The Balaban J connectivity index is 1.14. The van der Waals surface area contributed by atoms with E-state index in [0.717, 1.165) is 99.6 Å². The number of aryl methyl sites for hydroxylation is 6. The first-order valence-electron chi connectivity index (χ1n) is 43.9. The average molecular weight is 1640 g/mol. The predicted molar refractivity (Wildman–Crippen MR) is 483 cm³/mol. The fraction of sp³-hybridized carbons (Fsp3) is 0.596. The van der Waals surface area contributed by atoms with E-state index in [4.69, 9.17) is 0 Å². The molecule has 17 heteroatoms. The number of carbonyl (C=O) groups is 6. The van der Waals surface area contributed by atoms with Crippen LogP contribution in [0.3, 0.4) is 0 Å². The average Bonchev–Trinajstić information content (AvgIpc) is 1.67. The van der Waals surface area contributed by atoms with Crippen molar-refractivity contribution in [3.8, 4) is 58.5 Å². The van der Waals surface area contributed by atoms with Gasteiger partial charge in [-0.2, -0.15) is 0 Å². The minimum atomic E-state index is -0.541. The number of unbranched alkanes of at least 4 members (excludes halogenated alkanes) is 30. The number of hydrogen-bond donors (Lipinski definition) is 0. The number of carbonyl (C=O) groups excluding carboxylic acids is 6. The highest BCUT2D eigenvalue weighted by Gasteiger charge is 2.42. The van der Waals surface area contributed by atoms with Gasteiger partial charge in [-0.15, -0.1) is 79.4 Å². The van der Waals surface area contributed by atoms with Crippen molar-refractivity contribution in [1.82, 2.24) is 19.6 Å². The molecule has 2 aliphatic rings. The van der Waals surface area contributed by atoms with Gasteiger partial charge in [0.25, 0.3) is 23.6 Å². The Morgan fingerprint density at radius 1 is 0.234 bits per heavy atom. The van der Waals surface area contributed by atoms with Crippen LogP contribution in [0.4, 0.5) is 9.59 Å². The quantitative estimate of drug-likeness (QED) is 0.0213. The van der Waals surface area contributed by atoms with Crippen molar-refractivity contribution in [1.29, 1.82) is 0 Å². The lowest BCUT2D eigenvalue weighted by Gasteiger charge is -2.32. The van der Waals surface area contributed by atoms with Crippen LogP contribution < -0.4 is 0 Å². The summed E-state index contributed by atoms with van der Waals surface area (Å²) < 4.78 is 0. The molecule has 0 unspecified atom stereocenters. The molecule has 10 nitrogen and oxygen atoms in total. The molecule has 111 heavy (non-hydrogen) atoms. The monoisotopic (exact) mass is 1640 g/mol. The maximum atomic E-state index is 14.0. The van der Waals surface area contributed by atoms with E-state index in [9.17, 15) is 28.8 Å². The topological polar surface area (TPSA) is 115 Å². The molecule has 0 aromatic carbocycles. The van der Waals surface area contributed by atoms with E-state index in [1.807, 2.05) is 56.7 Å². The Labute approximate surface area is 696 Å². The Kier molecular flexibility index (Phi) is 38.4. The number of barbiturate groups is 2. The lowest BCUT2D eigenvalue weighted by atomic mass is 10.0. The van der Waals surface area contributed by atoms with E-state index in [1.54, 1.807) is 62.5 Å². The fourth-order valence-electron chi connectivity index (χ4n) is 15.8. The number of rotatable bonds is 54. The van der Waals surface area contributed by atoms with Crippen molar-refractivity contribution < 1.29 is 28.8 Å². The maximum Gasteiger partial charge on any atom is 0.333 e. The second-order valence-corrected chi connectivity index (χ2v) is 38.5. The Morgan fingerprint density at radius 2 is 0.432 bits per heavy atom. The molecule has 0 bridgehead atoms. The third-order valence-electron chi connectivity index (χ3n) is 22.3. The van der Waals surface area contributed by atoms with E-state index in [-0.39, 0.29) is 37.3 Å². The highest BCUT2D eigenvalue weighted by Crippen LogP contribution is 2.53. The van der Waals surface area contributed by atoms with Crippen LogP contribution >= 0.6 is 79.4 Å². The number of amides is 8. The molecule has 2 saturated heterocycles. The molecule has 0 spiro atoms. The lowest BCUT2D eigenvalue weighted by molar-refractivity contribution is -0.137. The van der Waals surface area contributed by atoms with Gasteiger partial charge >= 0.3 is 12.1 Å². The smallest absolute Gasteiger partial charge is 0.268 e. The molecule has 0 aliphatic carbocycles. The minimum Gasteiger partial charge on any atom is -0.268 e. The first kappa shape index (κ1) is 89.5. The zero-order valence-electron chi connectivity index (χ0n) is 69.4. The number of hydrogen-bond acceptors (Lipinski definition) is 13. The molecule has 8 amide bonds. The summed E-state index contributed by atoms with van der Waals surface area (Å²) in [5.41, 5.74) is 8.43. The lowest BCUT2D eigenvalue weighted by Crippen LogP contribution is -2.56. The van der Waals surface area contributed by atoms with Gasteiger partial charge in [-0.25, -0.2) is 9.59 Å². The van der Waals surface area contributed by atoms with Gasteiger partial charge in [-0.3, -0.25) is 38.8 Å². The van der Waals surface area contributed by atoms with Crippen LogP contribution in [0.5, 0.6) is 0 Å². The van der Waals surface area contributed by atoms with Gasteiger partial charge in [0.1, 0.15) is 11.1 Å². The van der Waals surface area contributed by atoms with Gasteiger partial charge in [-0.05, 0) is 199 Å². The third-order valence-corrected chi connectivity index (χ3v) is 31.4. The van der Waals surface area contributed by atoms with Crippen LogP contribution in [-0.2, 0) is 57.7 Å². The van der Waals surface area contributed by atoms with Gasteiger partial charge in [0, 0.05) is 94.5 Å². The first-order valence-corrected chi connectivity index (χ1v) is 49.6. The molecule has 606 valence electrons. The molecular weight excluding hydrogens is 1510 g/mol. The Hall–Kier alpha value is -5.40. The predicted octanol–water partition coefficient (Wildman–Crippen LogP) is 30.0. The van der Waals surface area contributed by atoms with Crippen LogP contribution in [-0.4, -0.2) is 81.5 Å². The van der Waals surface area contributed by atoms with Gasteiger partial charge in [-0.1, -0.05) is 234 Å². The van der Waals surface area contributed by atoms with E-state index < -0.39 is 35.7 Å². The fourth-order valence-corrected chi connectivity index (χ4v) is 24.8. The molecule has 9 rings (SSSR count). The normalized spacial score (nSPS) is 13.7. The summed E-state index contributed by atoms with van der Waals surface area (Å²) in [5, 5.41) is 0. The number of thiophene rings is 7. The number of nitrogens with zero attached hydrogens (tertiary/aromatic N) is 4. The van der Waals surface area contributed by atoms with Gasteiger partial charge in [0.05, 0.1) is 0 Å². The minimum absolute atomic E-state index is 0.0595. The van der Waals surface area contributed by atoms with E-state index >= 15 is 0 Å². The van der Waals surface area contributed by atoms with Crippen LogP contribution in [0.1, 0.15) is 344 Å².